The molecule has 18 heavy (non-hydrogen) atoms. The molecule has 0 aliphatic carbocycles. The molecule has 0 saturated heterocycles. The lowest BCUT2D eigenvalue weighted by atomic mass is 10.1. The highest BCUT2D eigenvalue weighted by Crippen LogP contribution is 2.15. The maximum Gasteiger partial charge on any atom is 0.135 e. The first-order valence-corrected chi connectivity index (χ1v) is 5.96. The predicted molar refractivity (Wildman–Crippen MR) is 69.8 cm³/mol. The highest BCUT2D eigenvalue weighted by Gasteiger charge is 2.08. The second-order valence-electron chi connectivity index (χ2n) is 4.25. The third kappa shape index (κ3) is 2.64. The van der Waals surface area contributed by atoms with Gasteiger partial charge in [-0.15, -0.1) is 0 Å². The lowest BCUT2D eigenvalue weighted by Crippen LogP contribution is -2.07. The number of nitrogens with two attached hydrogens (primary N) is 1. The van der Waals surface area contributed by atoms with Gasteiger partial charge in [0, 0.05) is 17.7 Å². The molecule has 0 amide bonds. The molecule has 0 saturated carbocycles. The Morgan fingerprint density at radius 1 is 1.17 bits per heavy atom. The van der Waals surface area contributed by atoms with Crippen LogP contribution in [-0.2, 0) is 12.8 Å². The number of hydrogen-bond acceptors (Lipinski definition) is 3. The standard InChI is InChI=1S/C14H16FN3/c1-3-12-9(2)17-13(18-14(12)16)8-10-4-6-11(15)7-5-10/h4-7H,3,8H2,1-2H3,(H2,16,17,18). The van der Waals surface area contributed by atoms with E-state index >= 15 is 0 Å². The maximum atomic E-state index is 12.8. The molecule has 2 N–H and O–H groups in total. The van der Waals surface area contributed by atoms with Gasteiger partial charge in [-0.2, -0.15) is 0 Å². The molecule has 1 aromatic heterocycles. The van der Waals surface area contributed by atoms with E-state index in [1.807, 2.05) is 13.8 Å². The van der Waals surface area contributed by atoms with Crippen molar-refractivity contribution in [1.82, 2.24) is 9.97 Å². The van der Waals surface area contributed by atoms with E-state index in [9.17, 15) is 4.39 Å². The normalized spacial score (nSPS) is 10.6. The van der Waals surface area contributed by atoms with Crippen molar-refractivity contribution in [2.45, 2.75) is 26.7 Å². The van der Waals surface area contributed by atoms with Gasteiger partial charge in [0.05, 0.1) is 0 Å². The van der Waals surface area contributed by atoms with E-state index in [0.29, 0.717) is 18.1 Å². The van der Waals surface area contributed by atoms with Crippen molar-refractivity contribution in [1.29, 1.82) is 0 Å². The van der Waals surface area contributed by atoms with E-state index < -0.39 is 0 Å². The molecule has 0 aliphatic rings. The zero-order valence-electron chi connectivity index (χ0n) is 10.6. The highest BCUT2D eigenvalue weighted by atomic mass is 19.1. The minimum Gasteiger partial charge on any atom is -0.383 e. The first-order chi connectivity index (χ1) is 8.60. The van der Waals surface area contributed by atoms with Crippen molar-refractivity contribution in [3.63, 3.8) is 0 Å². The molecule has 0 bridgehead atoms. The molecule has 0 atom stereocenters. The van der Waals surface area contributed by atoms with Gasteiger partial charge in [-0.3, -0.25) is 0 Å². The minimum atomic E-state index is -0.239. The molecule has 0 unspecified atom stereocenters. The fourth-order valence-corrected chi connectivity index (χ4v) is 1.98. The first kappa shape index (κ1) is 12.5. The number of nitrogens with zero attached hydrogens (tertiary/aromatic N) is 2. The first-order valence-electron chi connectivity index (χ1n) is 5.96. The lowest BCUT2D eigenvalue weighted by Gasteiger charge is -2.08. The molecule has 94 valence electrons. The number of anilines is 1. The Bertz CT molecular complexity index is 526. The lowest BCUT2D eigenvalue weighted by molar-refractivity contribution is 0.627. The second kappa shape index (κ2) is 5.12. The summed E-state index contributed by atoms with van der Waals surface area (Å²) in [4.78, 5) is 8.73. The second-order valence-corrected chi connectivity index (χ2v) is 4.25. The van der Waals surface area contributed by atoms with Crippen LogP contribution in [-0.4, -0.2) is 9.97 Å². The number of benzene rings is 1. The maximum absolute atomic E-state index is 12.8. The molecule has 2 aromatic rings. The average Bonchev–Trinajstić information content (AvgIpc) is 2.32. The number of halogens is 1. The van der Waals surface area contributed by atoms with Gasteiger partial charge in [-0.05, 0) is 31.0 Å². The molecule has 0 radical (unpaired) electrons. The monoisotopic (exact) mass is 245 g/mol. The van der Waals surface area contributed by atoms with E-state index in [0.717, 1.165) is 23.2 Å². The Balaban J connectivity index is 2.27. The summed E-state index contributed by atoms with van der Waals surface area (Å²) >= 11 is 0. The molecular formula is C14H16FN3. The van der Waals surface area contributed by atoms with Crippen LogP contribution in [0, 0.1) is 12.7 Å². The van der Waals surface area contributed by atoms with Crippen LogP contribution in [0.4, 0.5) is 10.2 Å². The number of aromatic nitrogens is 2. The third-order valence-electron chi connectivity index (χ3n) is 2.92. The van der Waals surface area contributed by atoms with E-state index in [1.54, 1.807) is 12.1 Å². The summed E-state index contributed by atoms with van der Waals surface area (Å²) in [6, 6.07) is 6.34. The SMILES string of the molecule is CCc1c(C)nc(Cc2ccc(F)cc2)nc1N. The summed E-state index contributed by atoms with van der Waals surface area (Å²) in [5.41, 5.74) is 8.79. The van der Waals surface area contributed by atoms with Crippen LogP contribution in [0.15, 0.2) is 24.3 Å². The summed E-state index contributed by atoms with van der Waals surface area (Å²) in [5, 5.41) is 0. The molecule has 0 fully saturated rings. The van der Waals surface area contributed by atoms with Crippen molar-refractivity contribution >= 4 is 5.82 Å². The topological polar surface area (TPSA) is 51.8 Å². The molecular weight excluding hydrogens is 229 g/mol. The van der Waals surface area contributed by atoms with E-state index in [2.05, 4.69) is 9.97 Å². The van der Waals surface area contributed by atoms with Crippen LogP contribution in [0.2, 0.25) is 0 Å². The van der Waals surface area contributed by atoms with E-state index in [-0.39, 0.29) is 5.82 Å². The number of nitrogen functional groups attached to an aromatic ring is 1. The zero-order chi connectivity index (χ0) is 13.1. The van der Waals surface area contributed by atoms with E-state index in [4.69, 9.17) is 5.73 Å². The highest BCUT2D eigenvalue weighted by molar-refractivity contribution is 5.42. The summed E-state index contributed by atoms with van der Waals surface area (Å²) in [7, 11) is 0. The van der Waals surface area contributed by atoms with E-state index in [1.165, 1.54) is 12.1 Å². The van der Waals surface area contributed by atoms with Crippen LogP contribution in [0.5, 0.6) is 0 Å². The summed E-state index contributed by atoms with van der Waals surface area (Å²) in [5.74, 6) is 0.979. The van der Waals surface area contributed by atoms with Gasteiger partial charge in [-0.1, -0.05) is 19.1 Å². The Morgan fingerprint density at radius 2 is 1.83 bits per heavy atom. The molecule has 0 aliphatic heterocycles. The molecule has 1 heterocycles. The summed E-state index contributed by atoms with van der Waals surface area (Å²) in [6.07, 6.45) is 1.39. The quantitative estimate of drug-likeness (QED) is 0.904. The Hall–Kier alpha value is -1.97. The summed E-state index contributed by atoms with van der Waals surface area (Å²) < 4.78 is 12.8. The van der Waals surface area contributed by atoms with Crippen LogP contribution >= 0.6 is 0 Å². The van der Waals surface area contributed by atoms with Crippen LogP contribution in [0.1, 0.15) is 29.6 Å². The largest absolute Gasteiger partial charge is 0.383 e. The van der Waals surface area contributed by atoms with Crippen LogP contribution < -0.4 is 5.73 Å². The van der Waals surface area contributed by atoms with Gasteiger partial charge in [0.25, 0.3) is 0 Å². The van der Waals surface area contributed by atoms with Crippen molar-refractivity contribution in [2.24, 2.45) is 0 Å². The van der Waals surface area contributed by atoms with Gasteiger partial charge in [0.15, 0.2) is 0 Å². The molecule has 4 heteroatoms. The summed E-state index contributed by atoms with van der Waals surface area (Å²) in [6.45, 7) is 3.97. The number of rotatable bonds is 3. The Labute approximate surface area is 106 Å². The Kier molecular flexibility index (Phi) is 3.55. The van der Waals surface area contributed by atoms with Gasteiger partial charge in [0.1, 0.15) is 17.5 Å². The third-order valence-corrected chi connectivity index (χ3v) is 2.92. The minimum absolute atomic E-state index is 0.239. The fourth-order valence-electron chi connectivity index (χ4n) is 1.98. The zero-order valence-corrected chi connectivity index (χ0v) is 10.6. The van der Waals surface area contributed by atoms with Crippen molar-refractivity contribution in [3.05, 3.63) is 52.7 Å². The van der Waals surface area contributed by atoms with Gasteiger partial charge in [0.2, 0.25) is 0 Å². The molecule has 1 aromatic carbocycles. The fraction of sp³-hybridized carbons (Fsp3) is 0.286. The predicted octanol–water partition coefficient (Wildman–Crippen LogP) is 2.66. The van der Waals surface area contributed by atoms with Gasteiger partial charge < -0.3 is 5.73 Å². The van der Waals surface area contributed by atoms with Crippen LogP contribution in [0.25, 0.3) is 0 Å². The van der Waals surface area contributed by atoms with Gasteiger partial charge in [-0.25, -0.2) is 14.4 Å². The molecule has 0 spiro atoms. The number of hydrogen-bond donors (Lipinski definition) is 1. The molecule has 3 nitrogen and oxygen atoms in total. The smallest absolute Gasteiger partial charge is 0.135 e. The number of aryl methyl sites for hydroxylation is 1. The average molecular weight is 245 g/mol. The Morgan fingerprint density at radius 3 is 2.39 bits per heavy atom. The van der Waals surface area contributed by atoms with Crippen molar-refractivity contribution in [3.8, 4) is 0 Å². The van der Waals surface area contributed by atoms with Gasteiger partial charge >= 0.3 is 0 Å². The van der Waals surface area contributed by atoms with Crippen molar-refractivity contribution in [2.75, 3.05) is 5.73 Å². The molecule has 2 rings (SSSR count). The van der Waals surface area contributed by atoms with Crippen LogP contribution in [0.3, 0.4) is 0 Å². The van der Waals surface area contributed by atoms with Crippen molar-refractivity contribution < 1.29 is 4.39 Å².